The third-order valence-corrected chi connectivity index (χ3v) is 14.8. The van der Waals surface area contributed by atoms with Crippen LogP contribution in [0.2, 0.25) is 0 Å². The second kappa shape index (κ2) is 14.8. The average Bonchev–Trinajstić information content (AvgIpc) is 3.46. The summed E-state index contributed by atoms with van der Waals surface area (Å²) in [5, 5.41) is 10.6. The predicted molar refractivity (Wildman–Crippen MR) is 198 cm³/mol. The van der Waals surface area contributed by atoms with Gasteiger partial charge in [0.25, 0.3) is 0 Å². The number of aliphatic hydroxyl groups is 1. The Kier molecular flexibility index (Phi) is 11.7. The molecule has 0 aromatic rings. The summed E-state index contributed by atoms with van der Waals surface area (Å²) in [6.45, 7) is 20.0. The van der Waals surface area contributed by atoms with E-state index >= 15 is 0 Å². The lowest BCUT2D eigenvalue weighted by Crippen LogP contribution is -2.61. The van der Waals surface area contributed by atoms with Gasteiger partial charge >= 0.3 is 23.9 Å². The number of hydrogen-bond donors (Lipinski definition) is 1. The quantitative estimate of drug-likeness (QED) is 0.184. The van der Waals surface area contributed by atoms with Crippen LogP contribution in [-0.2, 0) is 38.1 Å². The summed E-state index contributed by atoms with van der Waals surface area (Å²) in [7, 11) is 0. The van der Waals surface area contributed by atoms with Crippen molar-refractivity contribution in [2.45, 2.75) is 188 Å². The van der Waals surface area contributed by atoms with Crippen LogP contribution in [0.1, 0.15) is 166 Å². The molecular formula is C43H70O9. The molecule has 8 aliphatic carbocycles. The fourth-order valence-corrected chi connectivity index (χ4v) is 10.5. The largest absolute Gasteiger partial charge is 0.462 e. The number of rotatable bonds is 9. The van der Waals surface area contributed by atoms with Gasteiger partial charge in [0.15, 0.2) is 0 Å². The van der Waals surface area contributed by atoms with E-state index in [9.17, 15) is 24.3 Å². The highest BCUT2D eigenvalue weighted by Crippen LogP contribution is 2.60. The standard InChI is InChI=1S/C17H28O2.C16H26O3.C10H16O4/c1-5-16(2,3)15(18)19-17(4)13-7-11-6-12(9-13)10-14(17)8-11;1-4-14(2,3)13(17)19-16-8-11-5-12(9-16)7-15(18,6-11)10-16;1-4-10(2,3)9(12)14-7-5-8(11)13-6-7/h11-14H,5-10H2,1-4H3;11-12,18H,4-10H2,1-3H3;7H,4-6H2,1-3H3. The molecule has 0 aromatic carbocycles. The molecule has 3 atom stereocenters. The SMILES string of the molecule is CCC(C)(C)C(=O)OC1(C)C2CC3CC(C2)CC1C3.CCC(C)(C)C(=O)OC12CC3CC(CC(O)(C3)C1)C2.CCC(C)(C)C(=O)OC1COC(=O)C1. The summed E-state index contributed by atoms with van der Waals surface area (Å²) in [6, 6.07) is 0. The lowest BCUT2D eigenvalue weighted by molar-refractivity contribution is -0.225. The summed E-state index contributed by atoms with van der Waals surface area (Å²) in [4.78, 5) is 47.2. The molecule has 0 amide bonds. The van der Waals surface area contributed by atoms with Crippen LogP contribution in [0.3, 0.4) is 0 Å². The van der Waals surface area contributed by atoms with Crippen LogP contribution in [0.5, 0.6) is 0 Å². The molecule has 1 N–H and O–H groups in total. The summed E-state index contributed by atoms with van der Waals surface area (Å²) in [5.41, 5.74) is -2.31. The molecule has 9 heteroatoms. The van der Waals surface area contributed by atoms with Crippen LogP contribution in [0.4, 0.5) is 0 Å². The zero-order valence-electron chi connectivity index (χ0n) is 34.1. The predicted octanol–water partition coefficient (Wildman–Crippen LogP) is 8.51. The van der Waals surface area contributed by atoms with Crippen LogP contribution in [0.25, 0.3) is 0 Å². The molecule has 8 bridgehead atoms. The Morgan fingerprint density at radius 3 is 1.56 bits per heavy atom. The maximum Gasteiger partial charge on any atom is 0.312 e. The first-order chi connectivity index (χ1) is 24.1. The van der Waals surface area contributed by atoms with Crippen molar-refractivity contribution >= 4 is 23.9 Å². The molecule has 0 aromatic heterocycles. The lowest BCUT2D eigenvalue weighted by Gasteiger charge is -2.59. The van der Waals surface area contributed by atoms with Crippen LogP contribution in [0, 0.1) is 51.8 Å². The number of carbonyl (C=O) groups excluding carboxylic acids is 4. The molecule has 1 aliphatic heterocycles. The van der Waals surface area contributed by atoms with Crippen molar-refractivity contribution in [2.24, 2.45) is 51.8 Å². The maximum atomic E-state index is 12.5. The van der Waals surface area contributed by atoms with E-state index in [-0.39, 0.29) is 59.6 Å². The summed E-state index contributed by atoms with van der Waals surface area (Å²) >= 11 is 0. The Bertz CT molecular complexity index is 1300. The Morgan fingerprint density at radius 1 is 0.692 bits per heavy atom. The van der Waals surface area contributed by atoms with E-state index in [1.54, 1.807) is 0 Å². The molecule has 3 unspecified atom stereocenters. The highest BCUT2D eigenvalue weighted by Gasteiger charge is 2.60. The van der Waals surface area contributed by atoms with E-state index in [2.05, 4.69) is 13.8 Å². The van der Waals surface area contributed by atoms with Crippen molar-refractivity contribution in [3.05, 3.63) is 0 Å². The van der Waals surface area contributed by atoms with Crippen molar-refractivity contribution in [3.63, 3.8) is 0 Å². The Morgan fingerprint density at radius 2 is 1.13 bits per heavy atom. The van der Waals surface area contributed by atoms with E-state index in [1.165, 1.54) is 38.5 Å². The molecule has 1 heterocycles. The van der Waals surface area contributed by atoms with Gasteiger partial charge in [-0.05, 0) is 167 Å². The summed E-state index contributed by atoms with van der Waals surface area (Å²) in [6.07, 6.45) is 14.4. The van der Waals surface area contributed by atoms with Gasteiger partial charge < -0.3 is 24.1 Å². The molecule has 1 saturated heterocycles. The van der Waals surface area contributed by atoms with Crippen LogP contribution in [0.15, 0.2) is 0 Å². The van der Waals surface area contributed by atoms with Crippen LogP contribution in [-0.4, -0.2) is 58.5 Å². The zero-order valence-corrected chi connectivity index (χ0v) is 34.1. The number of esters is 4. The van der Waals surface area contributed by atoms with Gasteiger partial charge in [0.1, 0.15) is 23.9 Å². The number of cyclic esters (lactones) is 1. The number of ether oxygens (including phenoxy) is 4. The molecule has 0 spiro atoms. The van der Waals surface area contributed by atoms with Crippen molar-refractivity contribution < 1.29 is 43.2 Å². The molecule has 0 radical (unpaired) electrons. The lowest BCUT2D eigenvalue weighted by atomic mass is 9.50. The second-order valence-corrected chi connectivity index (χ2v) is 20.3. The minimum Gasteiger partial charge on any atom is -0.462 e. The van der Waals surface area contributed by atoms with Gasteiger partial charge in [-0.3, -0.25) is 19.2 Å². The molecular weight excluding hydrogens is 660 g/mol. The highest BCUT2D eigenvalue weighted by molar-refractivity contribution is 5.78. The smallest absolute Gasteiger partial charge is 0.312 e. The van der Waals surface area contributed by atoms with Crippen molar-refractivity contribution in [3.8, 4) is 0 Å². The monoisotopic (exact) mass is 731 g/mol. The van der Waals surface area contributed by atoms with Crippen LogP contribution >= 0.6 is 0 Å². The Hall–Kier alpha value is -2.16. The van der Waals surface area contributed by atoms with E-state index in [4.69, 9.17) is 18.9 Å². The molecule has 8 saturated carbocycles. The van der Waals surface area contributed by atoms with Gasteiger partial charge in [0.05, 0.1) is 28.3 Å². The van der Waals surface area contributed by atoms with E-state index in [1.807, 2.05) is 55.4 Å². The summed E-state index contributed by atoms with van der Waals surface area (Å²) in [5.74, 6) is 3.60. The average molecular weight is 731 g/mol. The highest BCUT2D eigenvalue weighted by atomic mass is 16.6. The van der Waals surface area contributed by atoms with Gasteiger partial charge in [-0.15, -0.1) is 0 Å². The topological polar surface area (TPSA) is 125 Å². The van der Waals surface area contributed by atoms with E-state index in [0.29, 0.717) is 36.5 Å². The molecule has 296 valence electrons. The number of carbonyl (C=O) groups is 4. The Labute approximate surface area is 313 Å². The third-order valence-electron chi connectivity index (χ3n) is 14.8. The fraction of sp³-hybridized carbons (Fsp3) is 0.907. The molecule has 52 heavy (non-hydrogen) atoms. The summed E-state index contributed by atoms with van der Waals surface area (Å²) < 4.78 is 22.0. The first kappa shape index (κ1) is 41.0. The minimum absolute atomic E-state index is 0.0185. The van der Waals surface area contributed by atoms with E-state index < -0.39 is 16.4 Å². The van der Waals surface area contributed by atoms with Crippen molar-refractivity contribution in [1.29, 1.82) is 0 Å². The van der Waals surface area contributed by atoms with Crippen molar-refractivity contribution in [1.82, 2.24) is 0 Å². The molecule has 9 fully saturated rings. The minimum atomic E-state index is -0.555. The van der Waals surface area contributed by atoms with Gasteiger partial charge in [-0.1, -0.05) is 20.8 Å². The molecule has 9 aliphatic rings. The first-order valence-electron chi connectivity index (χ1n) is 20.6. The second-order valence-electron chi connectivity index (χ2n) is 20.3. The van der Waals surface area contributed by atoms with Crippen molar-refractivity contribution in [2.75, 3.05) is 6.61 Å². The number of hydrogen-bond acceptors (Lipinski definition) is 9. The van der Waals surface area contributed by atoms with Crippen LogP contribution < -0.4 is 0 Å². The third kappa shape index (κ3) is 8.70. The first-order valence-corrected chi connectivity index (χ1v) is 20.6. The molecule has 9 rings (SSSR count). The fourth-order valence-electron chi connectivity index (χ4n) is 10.5. The Balaban J connectivity index is 0.000000153. The normalized spacial score (nSPS) is 38.4. The van der Waals surface area contributed by atoms with Gasteiger partial charge in [-0.2, -0.15) is 0 Å². The van der Waals surface area contributed by atoms with Gasteiger partial charge in [-0.25, -0.2) is 0 Å². The van der Waals surface area contributed by atoms with E-state index in [0.717, 1.165) is 50.4 Å². The molecule has 9 nitrogen and oxygen atoms in total. The zero-order chi connectivity index (χ0) is 38.5. The van der Waals surface area contributed by atoms with Gasteiger partial charge in [0, 0.05) is 6.42 Å². The maximum absolute atomic E-state index is 12.5. The van der Waals surface area contributed by atoms with Gasteiger partial charge in [0.2, 0.25) is 0 Å².